The summed E-state index contributed by atoms with van der Waals surface area (Å²) >= 11 is 0. The molecule has 0 unspecified atom stereocenters. The molecule has 0 spiro atoms. The predicted molar refractivity (Wildman–Crippen MR) is 76.1 cm³/mol. The number of rotatable bonds is 4. The average Bonchev–Trinajstić information content (AvgIpc) is 2.82. The first kappa shape index (κ1) is 14.0. The fourth-order valence-electron chi connectivity index (χ4n) is 1.67. The first-order chi connectivity index (χ1) is 9.45. The zero-order valence-corrected chi connectivity index (χ0v) is 11.8. The third-order valence-electron chi connectivity index (χ3n) is 2.64. The molecule has 106 valence electrons. The molecule has 2 rings (SSSR count). The summed E-state index contributed by atoms with van der Waals surface area (Å²) in [6.45, 7) is 6.46. The minimum absolute atomic E-state index is 0.0475. The molecule has 0 radical (unpaired) electrons. The average molecular weight is 274 g/mol. The highest BCUT2D eigenvalue weighted by atomic mass is 16.3. The van der Waals surface area contributed by atoms with Crippen LogP contribution in [0.15, 0.2) is 22.6 Å². The Kier molecular flexibility index (Phi) is 4.02. The molecule has 6 nitrogen and oxygen atoms in total. The maximum atomic E-state index is 12.0. The van der Waals surface area contributed by atoms with E-state index in [0.717, 1.165) is 5.76 Å². The Bertz CT molecular complexity index is 619. The molecule has 0 atom stereocenters. The molecule has 0 saturated carbocycles. The molecule has 1 amide bonds. The minimum atomic E-state index is -0.266. The predicted octanol–water partition coefficient (Wildman–Crippen LogP) is 2.01. The van der Waals surface area contributed by atoms with Crippen molar-refractivity contribution in [3.05, 3.63) is 29.7 Å². The van der Waals surface area contributed by atoms with Crippen LogP contribution >= 0.6 is 0 Å². The first-order valence-electron chi connectivity index (χ1n) is 6.45. The van der Waals surface area contributed by atoms with E-state index >= 15 is 0 Å². The largest absolute Gasteiger partial charge is 0.460 e. The molecular weight excluding hydrogens is 256 g/mol. The molecule has 0 saturated heterocycles. The second-order valence-electron chi connectivity index (χ2n) is 5.01. The van der Waals surface area contributed by atoms with Gasteiger partial charge in [-0.05, 0) is 31.0 Å². The van der Waals surface area contributed by atoms with E-state index in [1.54, 1.807) is 12.1 Å². The summed E-state index contributed by atoms with van der Waals surface area (Å²) in [7, 11) is 0. The summed E-state index contributed by atoms with van der Waals surface area (Å²) < 4.78 is 5.48. The lowest BCUT2D eigenvalue weighted by Gasteiger charge is -2.08. The topological polar surface area (TPSA) is 94.0 Å². The number of nitrogens with zero attached hydrogens (tertiary/aromatic N) is 2. The van der Waals surface area contributed by atoms with Gasteiger partial charge in [0.2, 0.25) is 5.95 Å². The Morgan fingerprint density at radius 1 is 1.40 bits per heavy atom. The molecule has 0 aliphatic carbocycles. The van der Waals surface area contributed by atoms with Crippen LogP contribution < -0.4 is 11.1 Å². The highest BCUT2D eigenvalue weighted by Crippen LogP contribution is 2.21. The lowest BCUT2D eigenvalue weighted by molar-refractivity contribution is 0.0944. The van der Waals surface area contributed by atoms with Gasteiger partial charge in [0.1, 0.15) is 17.1 Å². The number of nitrogens with two attached hydrogens (primary N) is 1. The van der Waals surface area contributed by atoms with Gasteiger partial charge in [-0.2, -0.15) is 0 Å². The number of furan rings is 1. The Morgan fingerprint density at radius 2 is 2.15 bits per heavy atom. The van der Waals surface area contributed by atoms with E-state index in [2.05, 4.69) is 15.3 Å². The van der Waals surface area contributed by atoms with Gasteiger partial charge in [0.15, 0.2) is 5.76 Å². The Morgan fingerprint density at radius 3 is 2.75 bits per heavy atom. The molecule has 0 aliphatic rings. The van der Waals surface area contributed by atoms with Gasteiger partial charge in [0, 0.05) is 6.54 Å². The molecule has 20 heavy (non-hydrogen) atoms. The van der Waals surface area contributed by atoms with Gasteiger partial charge in [-0.25, -0.2) is 9.97 Å². The van der Waals surface area contributed by atoms with Crippen molar-refractivity contribution in [3.63, 3.8) is 0 Å². The SMILES string of the molecule is Cc1ccc(-c2cc(C(=O)NCC(C)C)nc(N)n2)o1. The van der Waals surface area contributed by atoms with Crippen LogP contribution in [0.2, 0.25) is 0 Å². The van der Waals surface area contributed by atoms with Crippen molar-refractivity contribution >= 4 is 11.9 Å². The van der Waals surface area contributed by atoms with E-state index in [-0.39, 0.29) is 17.5 Å². The smallest absolute Gasteiger partial charge is 0.270 e. The monoisotopic (exact) mass is 274 g/mol. The van der Waals surface area contributed by atoms with Gasteiger partial charge < -0.3 is 15.5 Å². The summed E-state index contributed by atoms with van der Waals surface area (Å²) in [5.74, 6) is 1.48. The lowest BCUT2D eigenvalue weighted by Crippen LogP contribution is -2.28. The molecular formula is C14H18N4O2. The van der Waals surface area contributed by atoms with Crippen molar-refractivity contribution in [1.82, 2.24) is 15.3 Å². The van der Waals surface area contributed by atoms with Crippen LogP contribution in [-0.4, -0.2) is 22.4 Å². The second-order valence-corrected chi connectivity index (χ2v) is 5.01. The number of nitrogens with one attached hydrogen (secondary N) is 1. The van der Waals surface area contributed by atoms with E-state index < -0.39 is 0 Å². The van der Waals surface area contributed by atoms with E-state index in [9.17, 15) is 4.79 Å². The van der Waals surface area contributed by atoms with E-state index in [0.29, 0.717) is 23.9 Å². The molecule has 2 aromatic heterocycles. The molecule has 0 fully saturated rings. The summed E-state index contributed by atoms with van der Waals surface area (Å²) in [6, 6.07) is 5.18. The second kappa shape index (κ2) is 5.73. The molecule has 3 N–H and O–H groups in total. The van der Waals surface area contributed by atoms with Gasteiger partial charge in [-0.15, -0.1) is 0 Å². The van der Waals surface area contributed by atoms with Crippen molar-refractivity contribution in [2.75, 3.05) is 12.3 Å². The quantitative estimate of drug-likeness (QED) is 0.889. The normalized spacial score (nSPS) is 10.8. The third-order valence-corrected chi connectivity index (χ3v) is 2.64. The fraction of sp³-hybridized carbons (Fsp3) is 0.357. The van der Waals surface area contributed by atoms with Crippen LogP contribution in [-0.2, 0) is 0 Å². The van der Waals surface area contributed by atoms with E-state index in [1.807, 2.05) is 26.8 Å². The van der Waals surface area contributed by atoms with Crippen LogP contribution in [0, 0.1) is 12.8 Å². The van der Waals surface area contributed by atoms with Crippen LogP contribution in [0.25, 0.3) is 11.5 Å². The van der Waals surface area contributed by atoms with E-state index in [1.165, 1.54) is 0 Å². The number of aryl methyl sites for hydroxylation is 1. The van der Waals surface area contributed by atoms with Crippen molar-refractivity contribution in [3.8, 4) is 11.5 Å². The Hall–Kier alpha value is -2.37. The van der Waals surface area contributed by atoms with Crippen LogP contribution in [0.4, 0.5) is 5.95 Å². The highest BCUT2D eigenvalue weighted by molar-refractivity contribution is 5.93. The molecule has 2 heterocycles. The number of amides is 1. The number of carbonyl (C=O) groups is 1. The molecule has 2 aromatic rings. The number of nitrogen functional groups attached to an aromatic ring is 1. The van der Waals surface area contributed by atoms with Crippen LogP contribution in [0.3, 0.4) is 0 Å². The summed E-state index contributed by atoms with van der Waals surface area (Å²) in [6.07, 6.45) is 0. The summed E-state index contributed by atoms with van der Waals surface area (Å²) in [4.78, 5) is 20.0. The van der Waals surface area contributed by atoms with Crippen LogP contribution in [0.5, 0.6) is 0 Å². The number of hydrogen-bond acceptors (Lipinski definition) is 5. The number of anilines is 1. The third kappa shape index (κ3) is 3.34. The van der Waals surface area contributed by atoms with Gasteiger partial charge in [-0.1, -0.05) is 13.8 Å². The summed E-state index contributed by atoms with van der Waals surface area (Å²) in [5, 5.41) is 2.79. The standard InChI is InChI=1S/C14H18N4O2/c1-8(2)7-16-13(19)11-6-10(17-14(15)18-11)12-5-4-9(3)20-12/h4-6,8H,7H2,1-3H3,(H,16,19)(H2,15,17,18). The van der Waals surface area contributed by atoms with Crippen molar-refractivity contribution < 1.29 is 9.21 Å². The molecule has 6 heteroatoms. The fourth-order valence-corrected chi connectivity index (χ4v) is 1.67. The van der Waals surface area contributed by atoms with Gasteiger partial charge in [-0.3, -0.25) is 4.79 Å². The van der Waals surface area contributed by atoms with Gasteiger partial charge in [0.05, 0.1) is 0 Å². The minimum Gasteiger partial charge on any atom is -0.460 e. The maximum absolute atomic E-state index is 12.0. The molecule has 0 bridgehead atoms. The Labute approximate surface area is 117 Å². The van der Waals surface area contributed by atoms with E-state index in [4.69, 9.17) is 10.2 Å². The maximum Gasteiger partial charge on any atom is 0.270 e. The van der Waals surface area contributed by atoms with Crippen molar-refractivity contribution in [2.24, 2.45) is 5.92 Å². The summed E-state index contributed by atoms with van der Waals surface area (Å²) in [5.41, 5.74) is 6.39. The number of carbonyl (C=O) groups excluding carboxylic acids is 1. The number of aromatic nitrogens is 2. The first-order valence-corrected chi connectivity index (χ1v) is 6.45. The van der Waals surface area contributed by atoms with Crippen molar-refractivity contribution in [1.29, 1.82) is 0 Å². The van der Waals surface area contributed by atoms with Gasteiger partial charge >= 0.3 is 0 Å². The lowest BCUT2D eigenvalue weighted by atomic mass is 10.2. The zero-order valence-electron chi connectivity index (χ0n) is 11.8. The highest BCUT2D eigenvalue weighted by Gasteiger charge is 2.13. The molecule has 0 aromatic carbocycles. The van der Waals surface area contributed by atoms with Gasteiger partial charge in [0.25, 0.3) is 5.91 Å². The number of hydrogen-bond donors (Lipinski definition) is 2. The van der Waals surface area contributed by atoms with Crippen LogP contribution in [0.1, 0.15) is 30.1 Å². The molecule has 0 aliphatic heterocycles. The zero-order chi connectivity index (χ0) is 14.7. The van der Waals surface area contributed by atoms with Crippen molar-refractivity contribution in [2.45, 2.75) is 20.8 Å². The Balaban J connectivity index is 2.27.